The SMILES string of the molecule is CCNC(=NCC(C)(C)C(N)=O)NCCN(CC)c1cccc(C)c1. The van der Waals surface area contributed by atoms with Crippen LogP contribution in [0.25, 0.3) is 0 Å². The molecule has 0 heterocycles. The molecule has 1 aromatic rings. The van der Waals surface area contributed by atoms with Crippen LogP contribution in [0.2, 0.25) is 0 Å². The fourth-order valence-corrected chi connectivity index (χ4v) is 2.30. The molecule has 6 heteroatoms. The minimum Gasteiger partial charge on any atom is -0.370 e. The average molecular weight is 348 g/mol. The molecule has 0 aliphatic carbocycles. The number of carbonyl (C=O) groups excluding carboxylic acids is 1. The molecule has 6 nitrogen and oxygen atoms in total. The van der Waals surface area contributed by atoms with Gasteiger partial charge in [0.2, 0.25) is 5.91 Å². The second-order valence-corrected chi connectivity index (χ2v) is 6.79. The lowest BCUT2D eigenvalue weighted by molar-refractivity contribution is -0.125. The Morgan fingerprint density at radius 3 is 2.56 bits per heavy atom. The highest BCUT2D eigenvalue weighted by atomic mass is 16.1. The maximum atomic E-state index is 11.4. The van der Waals surface area contributed by atoms with Crippen LogP contribution in [0.4, 0.5) is 5.69 Å². The number of hydrogen-bond donors (Lipinski definition) is 3. The molecule has 140 valence electrons. The minimum atomic E-state index is -0.653. The van der Waals surface area contributed by atoms with Gasteiger partial charge in [0.15, 0.2) is 5.96 Å². The van der Waals surface area contributed by atoms with E-state index in [4.69, 9.17) is 5.73 Å². The van der Waals surface area contributed by atoms with E-state index in [2.05, 4.69) is 58.6 Å². The highest BCUT2D eigenvalue weighted by molar-refractivity contribution is 5.82. The Kier molecular flexibility index (Phi) is 8.25. The molecule has 0 saturated carbocycles. The first-order chi connectivity index (χ1) is 11.8. The number of carbonyl (C=O) groups is 1. The molecule has 4 N–H and O–H groups in total. The predicted molar refractivity (Wildman–Crippen MR) is 106 cm³/mol. The van der Waals surface area contributed by atoms with Crippen LogP contribution in [0.15, 0.2) is 29.3 Å². The number of anilines is 1. The van der Waals surface area contributed by atoms with Gasteiger partial charge in [-0.05, 0) is 52.3 Å². The summed E-state index contributed by atoms with van der Waals surface area (Å²) in [6.07, 6.45) is 0. The number of amides is 1. The van der Waals surface area contributed by atoms with E-state index in [1.54, 1.807) is 13.8 Å². The van der Waals surface area contributed by atoms with Crippen molar-refractivity contribution in [2.75, 3.05) is 37.6 Å². The molecule has 0 aliphatic rings. The van der Waals surface area contributed by atoms with E-state index in [0.29, 0.717) is 12.5 Å². The number of nitrogens with one attached hydrogen (secondary N) is 2. The topological polar surface area (TPSA) is 82.7 Å². The molecule has 1 rings (SSSR count). The summed E-state index contributed by atoms with van der Waals surface area (Å²) in [5.74, 6) is 0.362. The van der Waals surface area contributed by atoms with Crippen LogP contribution >= 0.6 is 0 Å². The molecule has 0 atom stereocenters. The number of aryl methyl sites for hydroxylation is 1. The van der Waals surface area contributed by atoms with Crippen molar-refractivity contribution >= 4 is 17.6 Å². The Balaban J connectivity index is 2.63. The van der Waals surface area contributed by atoms with Crippen molar-refractivity contribution in [3.63, 3.8) is 0 Å². The second-order valence-electron chi connectivity index (χ2n) is 6.79. The zero-order chi connectivity index (χ0) is 18.9. The maximum absolute atomic E-state index is 11.4. The minimum absolute atomic E-state index is 0.344. The van der Waals surface area contributed by atoms with Crippen LogP contribution in [0.3, 0.4) is 0 Å². The summed E-state index contributed by atoms with van der Waals surface area (Å²) in [6.45, 7) is 13.6. The van der Waals surface area contributed by atoms with Gasteiger partial charge in [-0.1, -0.05) is 12.1 Å². The Labute approximate surface area is 151 Å². The third-order valence-corrected chi connectivity index (χ3v) is 4.07. The van der Waals surface area contributed by atoms with Gasteiger partial charge in [-0.15, -0.1) is 0 Å². The molecule has 1 amide bonds. The first kappa shape index (κ1) is 20.8. The third-order valence-electron chi connectivity index (χ3n) is 4.07. The van der Waals surface area contributed by atoms with Gasteiger partial charge >= 0.3 is 0 Å². The number of nitrogens with zero attached hydrogens (tertiary/aromatic N) is 2. The van der Waals surface area contributed by atoms with Gasteiger partial charge in [0.25, 0.3) is 0 Å². The highest BCUT2D eigenvalue weighted by Crippen LogP contribution is 2.15. The Hall–Kier alpha value is -2.24. The van der Waals surface area contributed by atoms with E-state index in [1.807, 2.05) is 6.92 Å². The maximum Gasteiger partial charge on any atom is 0.224 e. The molecule has 25 heavy (non-hydrogen) atoms. The van der Waals surface area contributed by atoms with Crippen LogP contribution < -0.4 is 21.3 Å². The number of nitrogens with two attached hydrogens (primary N) is 1. The summed E-state index contributed by atoms with van der Waals surface area (Å²) in [4.78, 5) is 18.2. The molecular formula is C19H33N5O. The summed E-state index contributed by atoms with van der Waals surface area (Å²) >= 11 is 0. The fraction of sp³-hybridized carbons (Fsp3) is 0.579. The zero-order valence-electron chi connectivity index (χ0n) is 16.2. The van der Waals surface area contributed by atoms with Crippen molar-refractivity contribution in [3.05, 3.63) is 29.8 Å². The van der Waals surface area contributed by atoms with Crippen molar-refractivity contribution in [1.29, 1.82) is 0 Å². The molecule has 0 fully saturated rings. The van der Waals surface area contributed by atoms with Crippen molar-refractivity contribution < 1.29 is 4.79 Å². The van der Waals surface area contributed by atoms with E-state index in [1.165, 1.54) is 11.3 Å². The van der Waals surface area contributed by atoms with Gasteiger partial charge in [-0.2, -0.15) is 0 Å². The summed E-state index contributed by atoms with van der Waals surface area (Å²) in [5, 5.41) is 6.53. The van der Waals surface area contributed by atoms with Crippen molar-refractivity contribution in [2.45, 2.75) is 34.6 Å². The number of aliphatic imine (C=N–C) groups is 1. The van der Waals surface area contributed by atoms with Gasteiger partial charge in [0.1, 0.15) is 0 Å². The summed E-state index contributed by atoms with van der Waals surface area (Å²) in [5.41, 5.74) is 7.24. The van der Waals surface area contributed by atoms with Gasteiger partial charge in [0.05, 0.1) is 12.0 Å². The fourth-order valence-electron chi connectivity index (χ4n) is 2.30. The van der Waals surface area contributed by atoms with Crippen molar-refractivity contribution in [3.8, 4) is 0 Å². The number of guanidine groups is 1. The summed E-state index contributed by atoms with van der Waals surface area (Å²) < 4.78 is 0. The molecule has 0 unspecified atom stereocenters. The van der Waals surface area contributed by atoms with Crippen LogP contribution in [-0.4, -0.2) is 44.6 Å². The van der Waals surface area contributed by atoms with Crippen LogP contribution in [0.5, 0.6) is 0 Å². The lowest BCUT2D eigenvalue weighted by Gasteiger charge is -2.24. The number of likely N-dealkylation sites (N-methyl/N-ethyl adjacent to an activating group) is 1. The molecule has 0 bridgehead atoms. The van der Waals surface area contributed by atoms with Crippen molar-refractivity contribution in [2.24, 2.45) is 16.1 Å². The van der Waals surface area contributed by atoms with Crippen LogP contribution in [-0.2, 0) is 4.79 Å². The summed E-state index contributed by atoms with van der Waals surface area (Å²) in [7, 11) is 0. The van der Waals surface area contributed by atoms with Crippen molar-refractivity contribution in [1.82, 2.24) is 10.6 Å². The first-order valence-electron chi connectivity index (χ1n) is 8.93. The Morgan fingerprint density at radius 2 is 2.00 bits per heavy atom. The van der Waals surface area contributed by atoms with E-state index < -0.39 is 5.41 Å². The smallest absolute Gasteiger partial charge is 0.224 e. The molecule has 0 aromatic heterocycles. The highest BCUT2D eigenvalue weighted by Gasteiger charge is 2.24. The Morgan fingerprint density at radius 1 is 1.28 bits per heavy atom. The normalized spacial score (nSPS) is 12.0. The van der Waals surface area contributed by atoms with Crippen LogP contribution in [0, 0.1) is 12.3 Å². The van der Waals surface area contributed by atoms with E-state index in [-0.39, 0.29) is 5.91 Å². The lowest BCUT2D eigenvalue weighted by atomic mass is 9.93. The molecular weight excluding hydrogens is 314 g/mol. The monoisotopic (exact) mass is 347 g/mol. The first-order valence-corrected chi connectivity index (χ1v) is 8.93. The van der Waals surface area contributed by atoms with E-state index in [0.717, 1.165) is 26.2 Å². The molecule has 1 aromatic carbocycles. The van der Waals surface area contributed by atoms with Gasteiger partial charge in [-0.25, -0.2) is 0 Å². The average Bonchev–Trinajstić information content (AvgIpc) is 2.56. The third kappa shape index (κ3) is 7.03. The second kappa shape index (κ2) is 9.91. The summed E-state index contributed by atoms with van der Waals surface area (Å²) in [6, 6.07) is 8.51. The quantitative estimate of drug-likeness (QED) is 0.470. The van der Waals surface area contributed by atoms with Gasteiger partial charge < -0.3 is 21.3 Å². The molecule has 0 spiro atoms. The number of benzene rings is 1. The zero-order valence-corrected chi connectivity index (χ0v) is 16.2. The van der Waals surface area contributed by atoms with Gasteiger partial charge in [-0.3, -0.25) is 9.79 Å². The molecule has 0 radical (unpaired) electrons. The lowest BCUT2D eigenvalue weighted by Crippen LogP contribution is -2.43. The number of primary amides is 1. The predicted octanol–water partition coefficient (Wildman–Crippen LogP) is 1.89. The van der Waals surface area contributed by atoms with E-state index in [9.17, 15) is 4.79 Å². The van der Waals surface area contributed by atoms with Crippen LogP contribution in [0.1, 0.15) is 33.3 Å². The van der Waals surface area contributed by atoms with E-state index >= 15 is 0 Å². The largest absolute Gasteiger partial charge is 0.370 e. The molecule has 0 aliphatic heterocycles. The van der Waals surface area contributed by atoms with Gasteiger partial charge in [0, 0.05) is 31.9 Å². The Bertz CT molecular complexity index is 583. The molecule has 0 saturated heterocycles. The standard InChI is InChI=1S/C19H33N5O/c1-6-21-18(23-14-19(4,5)17(20)25)22-11-12-24(7-2)16-10-8-9-15(3)13-16/h8-10,13H,6-7,11-12,14H2,1-5H3,(H2,20,25)(H2,21,22,23). The number of hydrogen-bond acceptors (Lipinski definition) is 3. The number of rotatable bonds is 9.